The van der Waals surface area contributed by atoms with Gasteiger partial charge in [0.15, 0.2) is 0 Å². The van der Waals surface area contributed by atoms with Crippen LogP contribution in [0.1, 0.15) is 11.1 Å². The van der Waals surface area contributed by atoms with E-state index in [1.54, 1.807) is 13.3 Å². The minimum Gasteiger partial charge on any atom is -0.497 e. The molecule has 5 heteroatoms. The van der Waals surface area contributed by atoms with Crippen LogP contribution in [0, 0.1) is 0 Å². The highest BCUT2D eigenvalue weighted by atomic mass is 35.5. The van der Waals surface area contributed by atoms with Crippen molar-refractivity contribution >= 4 is 17.4 Å². The third-order valence-electron chi connectivity index (χ3n) is 3.11. The summed E-state index contributed by atoms with van der Waals surface area (Å²) in [4.78, 5) is 6.38. The predicted octanol–water partition coefficient (Wildman–Crippen LogP) is 2.84. The molecule has 4 nitrogen and oxygen atoms in total. The molecule has 2 rings (SSSR count). The van der Waals surface area contributed by atoms with E-state index in [0.717, 1.165) is 23.7 Å². The van der Waals surface area contributed by atoms with E-state index in [-0.39, 0.29) is 0 Å². The molecule has 20 heavy (non-hydrogen) atoms. The van der Waals surface area contributed by atoms with E-state index >= 15 is 0 Å². The Bertz CT molecular complexity index is 572. The van der Waals surface area contributed by atoms with E-state index in [2.05, 4.69) is 9.88 Å². The molecule has 0 radical (unpaired) electrons. The Morgan fingerprint density at radius 3 is 2.60 bits per heavy atom. The molecular weight excluding hydrogens is 274 g/mol. The molecule has 0 saturated heterocycles. The van der Waals surface area contributed by atoms with Crippen LogP contribution in [-0.4, -0.2) is 19.1 Å². The summed E-state index contributed by atoms with van der Waals surface area (Å²) in [6.45, 7) is 1.16. The summed E-state index contributed by atoms with van der Waals surface area (Å²) in [5, 5.41) is 0.606. The molecule has 0 atom stereocenters. The molecule has 0 spiro atoms. The highest BCUT2D eigenvalue weighted by Gasteiger charge is 2.07. The van der Waals surface area contributed by atoms with E-state index in [1.807, 2.05) is 37.4 Å². The van der Waals surface area contributed by atoms with Gasteiger partial charge in [-0.3, -0.25) is 0 Å². The van der Waals surface area contributed by atoms with Crippen LogP contribution >= 0.6 is 11.6 Å². The van der Waals surface area contributed by atoms with Crippen molar-refractivity contribution in [1.29, 1.82) is 0 Å². The minimum atomic E-state index is 0.407. The molecule has 2 N–H and O–H groups in total. The van der Waals surface area contributed by atoms with Crippen LogP contribution in [0.2, 0.25) is 5.02 Å². The topological polar surface area (TPSA) is 51.4 Å². The summed E-state index contributed by atoms with van der Waals surface area (Å²) in [7, 11) is 3.65. The van der Waals surface area contributed by atoms with Crippen LogP contribution in [0.4, 0.5) is 5.82 Å². The first kappa shape index (κ1) is 14.6. The summed E-state index contributed by atoms with van der Waals surface area (Å²) in [5.41, 5.74) is 7.74. The number of halogens is 1. The lowest BCUT2D eigenvalue weighted by atomic mass is 10.2. The van der Waals surface area contributed by atoms with Crippen LogP contribution in [-0.2, 0) is 13.1 Å². The number of aromatic nitrogens is 1. The van der Waals surface area contributed by atoms with E-state index in [1.165, 1.54) is 5.56 Å². The number of nitrogens with zero attached hydrogens (tertiary/aromatic N) is 2. The van der Waals surface area contributed by atoms with Gasteiger partial charge in [0.1, 0.15) is 11.6 Å². The average Bonchev–Trinajstić information content (AvgIpc) is 2.48. The van der Waals surface area contributed by atoms with E-state index in [9.17, 15) is 0 Å². The maximum Gasteiger partial charge on any atom is 0.128 e. The van der Waals surface area contributed by atoms with Gasteiger partial charge in [0, 0.05) is 26.3 Å². The molecule has 0 bridgehead atoms. The van der Waals surface area contributed by atoms with Crippen LogP contribution in [0.5, 0.6) is 5.75 Å². The van der Waals surface area contributed by atoms with Gasteiger partial charge in [-0.25, -0.2) is 4.98 Å². The van der Waals surface area contributed by atoms with Crippen LogP contribution in [0.3, 0.4) is 0 Å². The number of anilines is 1. The van der Waals surface area contributed by atoms with Gasteiger partial charge < -0.3 is 15.4 Å². The first-order valence-electron chi connectivity index (χ1n) is 6.32. The third kappa shape index (κ3) is 3.40. The normalized spacial score (nSPS) is 10.4. The molecule has 0 unspecified atom stereocenters. The SMILES string of the molecule is COc1ccc(CN(C)c2cc(CN)c(Cl)cn2)cc1. The Balaban J connectivity index is 2.12. The zero-order chi connectivity index (χ0) is 14.5. The van der Waals surface area contributed by atoms with Crippen LogP contribution < -0.4 is 15.4 Å². The molecule has 2 aromatic rings. The minimum absolute atomic E-state index is 0.407. The molecule has 106 valence electrons. The number of pyridine rings is 1. The second kappa shape index (κ2) is 6.59. The fraction of sp³-hybridized carbons (Fsp3) is 0.267. The summed E-state index contributed by atoms with van der Waals surface area (Å²) in [6, 6.07) is 9.89. The van der Waals surface area contributed by atoms with Gasteiger partial charge in [0.05, 0.1) is 12.1 Å². The quantitative estimate of drug-likeness (QED) is 0.920. The van der Waals surface area contributed by atoms with Crippen molar-refractivity contribution in [2.75, 3.05) is 19.1 Å². The highest BCUT2D eigenvalue weighted by molar-refractivity contribution is 6.31. The van der Waals surface area contributed by atoms with Gasteiger partial charge in [-0.2, -0.15) is 0 Å². The maximum atomic E-state index is 6.02. The van der Waals surface area contributed by atoms with Crippen LogP contribution in [0.15, 0.2) is 36.5 Å². The van der Waals surface area contributed by atoms with E-state index in [0.29, 0.717) is 11.6 Å². The predicted molar refractivity (Wildman–Crippen MR) is 82.2 cm³/mol. The van der Waals surface area contributed by atoms with Gasteiger partial charge in [0.2, 0.25) is 0 Å². The maximum absolute atomic E-state index is 6.02. The van der Waals surface area contributed by atoms with Gasteiger partial charge in [-0.15, -0.1) is 0 Å². The number of benzene rings is 1. The Morgan fingerprint density at radius 2 is 2.00 bits per heavy atom. The lowest BCUT2D eigenvalue weighted by Crippen LogP contribution is -2.18. The number of nitrogens with two attached hydrogens (primary N) is 1. The lowest BCUT2D eigenvalue weighted by molar-refractivity contribution is 0.414. The Morgan fingerprint density at radius 1 is 1.30 bits per heavy atom. The van der Waals surface area contributed by atoms with Crippen molar-refractivity contribution in [1.82, 2.24) is 4.98 Å². The number of methoxy groups -OCH3 is 1. The third-order valence-corrected chi connectivity index (χ3v) is 3.45. The van der Waals surface area contributed by atoms with Gasteiger partial charge in [-0.05, 0) is 29.3 Å². The van der Waals surface area contributed by atoms with Crippen molar-refractivity contribution in [3.8, 4) is 5.75 Å². The molecule has 1 aromatic heterocycles. The molecule has 1 heterocycles. The smallest absolute Gasteiger partial charge is 0.128 e. The zero-order valence-electron chi connectivity index (χ0n) is 11.6. The molecule has 0 aliphatic heterocycles. The molecule has 0 saturated carbocycles. The monoisotopic (exact) mass is 291 g/mol. The van der Waals surface area contributed by atoms with Crippen molar-refractivity contribution in [3.05, 3.63) is 52.7 Å². The first-order chi connectivity index (χ1) is 9.63. The standard InChI is InChI=1S/C15H18ClN3O/c1-19(10-11-3-5-13(20-2)6-4-11)15-7-12(8-17)14(16)9-18-15/h3-7,9H,8,10,17H2,1-2H3. The molecule has 1 aromatic carbocycles. The Labute approximate surface area is 124 Å². The van der Waals surface area contributed by atoms with E-state index < -0.39 is 0 Å². The summed E-state index contributed by atoms with van der Waals surface area (Å²) in [5.74, 6) is 1.71. The van der Waals surface area contributed by atoms with Crippen molar-refractivity contribution in [2.45, 2.75) is 13.1 Å². The van der Waals surface area contributed by atoms with E-state index in [4.69, 9.17) is 22.1 Å². The second-order valence-electron chi connectivity index (χ2n) is 4.54. The summed E-state index contributed by atoms with van der Waals surface area (Å²) in [6.07, 6.45) is 1.64. The van der Waals surface area contributed by atoms with Crippen molar-refractivity contribution < 1.29 is 4.74 Å². The number of hydrogen-bond donors (Lipinski definition) is 1. The fourth-order valence-electron chi connectivity index (χ4n) is 1.92. The molecule has 0 aliphatic rings. The summed E-state index contributed by atoms with van der Waals surface area (Å²) >= 11 is 6.02. The van der Waals surface area contributed by atoms with Gasteiger partial charge in [0.25, 0.3) is 0 Å². The van der Waals surface area contributed by atoms with Gasteiger partial charge in [-0.1, -0.05) is 23.7 Å². The highest BCUT2D eigenvalue weighted by Crippen LogP contribution is 2.21. The number of ether oxygens (including phenoxy) is 1. The number of hydrogen-bond acceptors (Lipinski definition) is 4. The average molecular weight is 292 g/mol. The molecule has 0 aliphatic carbocycles. The molecule has 0 amide bonds. The first-order valence-corrected chi connectivity index (χ1v) is 6.70. The largest absolute Gasteiger partial charge is 0.497 e. The fourth-order valence-corrected chi connectivity index (χ4v) is 2.10. The second-order valence-corrected chi connectivity index (χ2v) is 4.95. The zero-order valence-corrected chi connectivity index (χ0v) is 12.4. The lowest BCUT2D eigenvalue weighted by Gasteiger charge is -2.19. The Hall–Kier alpha value is -1.78. The number of rotatable bonds is 5. The van der Waals surface area contributed by atoms with Gasteiger partial charge >= 0.3 is 0 Å². The van der Waals surface area contributed by atoms with Crippen molar-refractivity contribution in [2.24, 2.45) is 5.73 Å². The van der Waals surface area contributed by atoms with Crippen molar-refractivity contribution in [3.63, 3.8) is 0 Å². The molecular formula is C15H18ClN3O. The van der Waals surface area contributed by atoms with Crippen LogP contribution in [0.25, 0.3) is 0 Å². The molecule has 0 fully saturated rings. The Kier molecular flexibility index (Phi) is 4.82. The summed E-state index contributed by atoms with van der Waals surface area (Å²) < 4.78 is 5.15.